The van der Waals surface area contributed by atoms with E-state index >= 15 is 0 Å². The van der Waals surface area contributed by atoms with Crippen LogP contribution in [0.3, 0.4) is 0 Å². The number of carbonyl (C=O) groups excluding carboxylic acids is 2. The quantitative estimate of drug-likeness (QED) is 0.522. The molecule has 1 aliphatic heterocycles. The molecule has 2 heterocycles. The van der Waals surface area contributed by atoms with E-state index in [4.69, 9.17) is 0 Å². The zero-order valence-electron chi connectivity index (χ0n) is 13.7. The summed E-state index contributed by atoms with van der Waals surface area (Å²) in [7, 11) is 0. The smallest absolute Gasteiger partial charge is 0.319 e. The van der Waals surface area contributed by atoms with Gasteiger partial charge in [0.05, 0.1) is 11.5 Å². The summed E-state index contributed by atoms with van der Waals surface area (Å²) in [5, 5.41) is 13.8. The molecular weight excluding hydrogens is 324 g/mol. The van der Waals surface area contributed by atoms with Gasteiger partial charge in [0.2, 0.25) is 0 Å². The molecule has 0 radical (unpaired) electrons. The fourth-order valence-electron chi connectivity index (χ4n) is 2.90. The largest absolute Gasteiger partial charge is 0.325 e. The number of imide groups is 1. The molecule has 0 aliphatic carbocycles. The fourth-order valence-corrected chi connectivity index (χ4v) is 2.90. The number of urea groups is 1. The highest BCUT2D eigenvalue weighted by atomic mass is 16.6. The molecule has 1 fully saturated rings. The van der Waals surface area contributed by atoms with Gasteiger partial charge in [0.25, 0.3) is 11.6 Å². The summed E-state index contributed by atoms with van der Waals surface area (Å²) in [5.41, 5.74) is 0.308. The molecule has 1 saturated heterocycles. The van der Waals surface area contributed by atoms with Crippen LogP contribution in [0.25, 0.3) is 0 Å². The molecule has 0 spiro atoms. The zero-order valence-corrected chi connectivity index (χ0v) is 13.7. The molecule has 128 valence electrons. The molecule has 2 aromatic rings. The monoisotopic (exact) mass is 340 g/mol. The van der Waals surface area contributed by atoms with Crippen LogP contribution < -0.4 is 5.32 Å². The molecule has 8 nitrogen and oxygen atoms in total. The first kappa shape index (κ1) is 16.6. The molecule has 0 bridgehead atoms. The van der Waals surface area contributed by atoms with Crippen LogP contribution in [0.2, 0.25) is 0 Å². The van der Waals surface area contributed by atoms with Crippen LogP contribution in [-0.4, -0.2) is 26.7 Å². The summed E-state index contributed by atoms with van der Waals surface area (Å²) in [6, 6.07) is 7.47. The molecule has 8 heteroatoms. The Kier molecular flexibility index (Phi) is 3.96. The molecule has 3 amide bonds. The van der Waals surface area contributed by atoms with Crippen LogP contribution in [0, 0.1) is 17.0 Å². The minimum Gasteiger partial charge on any atom is -0.319 e. The second-order valence-electron chi connectivity index (χ2n) is 6.01. The Morgan fingerprint density at radius 1 is 1.28 bits per heavy atom. The van der Waals surface area contributed by atoms with E-state index in [1.165, 1.54) is 12.3 Å². The van der Waals surface area contributed by atoms with Crippen molar-refractivity contribution in [3.63, 3.8) is 0 Å². The van der Waals surface area contributed by atoms with Gasteiger partial charge in [-0.1, -0.05) is 18.2 Å². The summed E-state index contributed by atoms with van der Waals surface area (Å²) in [5.74, 6) is -0.420. The third-order valence-corrected chi connectivity index (χ3v) is 4.46. The summed E-state index contributed by atoms with van der Waals surface area (Å²) in [6.45, 7) is 3.19. The van der Waals surface area contributed by atoms with E-state index in [9.17, 15) is 19.7 Å². The summed E-state index contributed by atoms with van der Waals surface area (Å²) in [4.78, 5) is 40.8. The summed E-state index contributed by atoms with van der Waals surface area (Å²) < 4.78 is 0. The van der Waals surface area contributed by atoms with E-state index in [0.717, 1.165) is 4.90 Å². The molecule has 0 unspecified atom stereocenters. The minimum atomic E-state index is -1.21. The number of nitrogens with one attached hydrogen (secondary N) is 1. The first-order chi connectivity index (χ1) is 11.8. The highest BCUT2D eigenvalue weighted by Gasteiger charge is 2.49. The second kappa shape index (κ2) is 5.97. The topological polar surface area (TPSA) is 105 Å². The van der Waals surface area contributed by atoms with Crippen molar-refractivity contribution in [2.45, 2.75) is 25.9 Å². The third kappa shape index (κ3) is 2.71. The molecule has 25 heavy (non-hydrogen) atoms. The van der Waals surface area contributed by atoms with Gasteiger partial charge >= 0.3 is 6.03 Å². The molecular formula is C17H16N4O4. The maximum absolute atomic E-state index is 12.9. The van der Waals surface area contributed by atoms with Crippen molar-refractivity contribution < 1.29 is 14.5 Å². The van der Waals surface area contributed by atoms with Crippen molar-refractivity contribution in [1.29, 1.82) is 0 Å². The standard InChI is InChI=1S/C17H16N4O4/c1-11-12(5-3-7-14(11)21(24)25)10-20-15(22)17(2,19-16(20)23)13-6-4-8-18-9-13/h3-9H,10H2,1-2H3,(H,19,23)/t17-/m0/s1. The number of aromatic nitrogens is 1. The number of pyridine rings is 1. The van der Waals surface area contributed by atoms with Crippen LogP contribution in [-0.2, 0) is 16.9 Å². The van der Waals surface area contributed by atoms with Crippen molar-refractivity contribution in [2.75, 3.05) is 0 Å². The molecule has 1 aromatic carbocycles. The molecule has 1 aliphatic rings. The van der Waals surface area contributed by atoms with Crippen molar-refractivity contribution in [2.24, 2.45) is 0 Å². The average Bonchev–Trinajstić information content (AvgIpc) is 2.81. The van der Waals surface area contributed by atoms with Crippen molar-refractivity contribution in [3.05, 3.63) is 69.5 Å². The fraction of sp³-hybridized carbons (Fsp3) is 0.235. The molecule has 1 N–H and O–H groups in total. The van der Waals surface area contributed by atoms with Gasteiger partial charge in [-0.25, -0.2) is 4.79 Å². The van der Waals surface area contributed by atoms with Crippen LogP contribution in [0.4, 0.5) is 10.5 Å². The second-order valence-corrected chi connectivity index (χ2v) is 6.01. The number of nitro groups is 1. The number of benzene rings is 1. The lowest BCUT2D eigenvalue weighted by Gasteiger charge is -2.22. The molecule has 1 aromatic heterocycles. The predicted molar refractivity (Wildman–Crippen MR) is 88.5 cm³/mol. The van der Waals surface area contributed by atoms with E-state index in [-0.39, 0.29) is 12.2 Å². The Hall–Kier alpha value is -3.29. The number of nitro benzene ring substituents is 1. The number of nitrogens with zero attached hydrogens (tertiary/aromatic N) is 3. The zero-order chi connectivity index (χ0) is 18.2. The van der Waals surface area contributed by atoms with Gasteiger partial charge in [-0.3, -0.25) is 24.8 Å². The van der Waals surface area contributed by atoms with Crippen molar-refractivity contribution >= 4 is 17.6 Å². The maximum atomic E-state index is 12.9. The first-order valence-corrected chi connectivity index (χ1v) is 7.62. The number of hydrogen-bond acceptors (Lipinski definition) is 5. The number of rotatable bonds is 4. The molecule has 1 atom stereocenters. The Bertz CT molecular complexity index is 868. The molecule has 0 saturated carbocycles. The normalized spacial score (nSPS) is 19.8. The Balaban J connectivity index is 1.93. The van der Waals surface area contributed by atoms with E-state index in [2.05, 4.69) is 10.3 Å². The van der Waals surface area contributed by atoms with Crippen LogP contribution >= 0.6 is 0 Å². The number of amides is 3. The van der Waals surface area contributed by atoms with Gasteiger partial charge in [0.1, 0.15) is 5.54 Å². The average molecular weight is 340 g/mol. The van der Waals surface area contributed by atoms with Crippen LogP contribution in [0.5, 0.6) is 0 Å². The lowest BCUT2D eigenvalue weighted by molar-refractivity contribution is -0.385. The highest BCUT2D eigenvalue weighted by molar-refractivity contribution is 6.07. The highest BCUT2D eigenvalue weighted by Crippen LogP contribution is 2.30. The lowest BCUT2D eigenvalue weighted by atomic mass is 9.93. The van der Waals surface area contributed by atoms with Gasteiger partial charge in [-0.2, -0.15) is 0 Å². The first-order valence-electron chi connectivity index (χ1n) is 7.62. The van der Waals surface area contributed by atoms with E-state index in [0.29, 0.717) is 16.7 Å². The Morgan fingerprint density at radius 2 is 2.04 bits per heavy atom. The minimum absolute atomic E-state index is 0.0337. The van der Waals surface area contributed by atoms with E-state index < -0.39 is 22.4 Å². The van der Waals surface area contributed by atoms with Crippen molar-refractivity contribution in [1.82, 2.24) is 15.2 Å². The number of hydrogen-bond donors (Lipinski definition) is 1. The maximum Gasteiger partial charge on any atom is 0.325 e. The van der Waals surface area contributed by atoms with Gasteiger partial charge in [0.15, 0.2) is 0 Å². The molecule has 3 rings (SSSR count). The van der Waals surface area contributed by atoms with Gasteiger partial charge in [-0.15, -0.1) is 0 Å². The van der Waals surface area contributed by atoms with E-state index in [1.807, 2.05) is 0 Å². The Morgan fingerprint density at radius 3 is 2.68 bits per heavy atom. The third-order valence-electron chi connectivity index (χ3n) is 4.46. The number of carbonyl (C=O) groups is 2. The van der Waals surface area contributed by atoms with Gasteiger partial charge in [-0.05, 0) is 25.5 Å². The van der Waals surface area contributed by atoms with Gasteiger partial charge < -0.3 is 5.32 Å². The van der Waals surface area contributed by atoms with Crippen molar-refractivity contribution in [3.8, 4) is 0 Å². The summed E-state index contributed by atoms with van der Waals surface area (Å²) >= 11 is 0. The van der Waals surface area contributed by atoms with Gasteiger partial charge in [0, 0.05) is 29.6 Å². The lowest BCUT2D eigenvalue weighted by Crippen LogP contribution is -2.40. The predicted octanol–water partition coefficient (Wildman–Crippen LogP) is 2.27. The van der Waals surface area contributed by atoms with E-state index in [1.54, 1.807) is 44.3 Å². The van der Waals surface area contributed by atoms with Crippen LogP contribution in [0.15, 0.2) is 42.7 Å². The van der Waals surface area contributed by atoms with Crippen LogP contribution in [0.1, 0.15) is 23.6 Å². The SMILES string of the molecule is Cc1c(CN2C(=O)N[C@@](C)(c3cccnc3)C2=O)cccc1[N+](=O)[O-]. The Labute approximate surface area is 143 Å². The summed E-state index contributed by atoms with van der Waals surface area (Å²) in [6.07, 6.45) is 3.11.